The molecule has 3 N–H and O–H groups in total. The maximum atomic E-state index is 12.8. The maximum Gasteiger partial charge on any atom is 0.257 e. The van der Waals surface area contributed by atoms with E-state index in [2.05, 4.69) is 16.0 Å². The molecule has 0 aliphatic heterocycles. The summed E-state index contributed by atoms with van der Waals surface area (Å²) < 4.78 is 21.2. The summed E-state index contributed by atoms with van der Waals surface area (Å²) in [6, 6.07) is 8.13. The second-order valence-corrected chi connectivity index (χ2v) is 7.79. The number of rotatable bonds is 8. The van der Waals surface area contributed by atoms with E-state index in [-0.39, 0.29) is 22.5 Å². The average molecular weight is 498 g/mol. The molecule has 0 radical (unpaired) electrons. The number of hydrogen-bond acceptors (Lipinski definition) is 7. The fourth-order valence-electron chi connectivity index (χ4n) is 3.43. The van der Waals surface area contributed by atoms with E-state index in [9.17, 15) is 9.59 Å². The van der Waals surface area contributed by atoms with Gasteiger partial charge in [-0.15, -0.1) is 0 Å². The predicted octanol–water partition coefficient (Wildman–Crippen LogP) is 3.92. The van der Waals surface area contributed by atoms with Gasteiger partial charge in [0.2, 0.25) is 11.7 Å². The van der Waals surface area contributed by atoms with Crippen LogP contribution in [0.15, 0.2) is 54.6 Å². The molecule has 0 saturated carbocycles. The number of carbonyl (C=O) groups is 2. The Morgan fingerprint density at radius 2 is 1.57 bits per heavy atom. The topological polar surface area (TPSA) is 107 Å². The van der Waals surface area contributed by atoms with Crippen molar-refractivity contribution < 1.29 is 28.5 Å². The Morgan fingerprint density at radius 3 is 2.14 bits per heavy atom. The molecule has 9 nitrogen and oxygen atoms in total. The normalized spacial score (nSPS) is 14.0. The maximum absolute atomic E-state index is 12.8. The quantitative estimate of drug-likeness (QED) is 0.471. The summed E-state index contributed by atoms with van der Waals surface area (Å²) in [6.45, 7) is 0. The number of carbonyl (C=O) groups excluding carboxylic acids is 2. The zero-order valence-corrected chi connectivity index (χ0v) is 20.7. The molecular weight excluding hydrogens is 470 g/mol. The minimum atomic E-state index is -0.471. The molecule has 2 amide bonds. The molecule has 1 aliphatic carbocycles. The van der Waals surface area contributed by atoms with Crippen molar-refractivity contribution in [1.82, 2.24) is 5.32 Å². The van der Waals surface area contributed by atoms with E-state index in [1.165, 1.54) is 40.6 Å². The van der Waals surface area contributed by atoms with Gasteiger partial charge < -0.3 is 29.6 Å². The predicted molar refractivity (Wildman–Crippen MR) is 138 cm³/mol. The average Bonchev–Trinajstić information content (AvgIpc) is 2.88. The van der Waals surface area contributed by atoms with E-state index < -0.39 is 5.91 Å². The minimum Gasteiger partial charge on any atom is -0.495 e. The number of methoxy groups -OCH3 is 4. The van der Waals surface area contributed by atoms with Gasteiger partial charge >= 0.3 is 0 Å². The molecule has 1 aliphatic rings. The molecule has 2 aromatic rings. The fourth-order valence-corrected chi connectivity index (χ4v) is 3.64. The highest BCUT2D eigenvalue weighted by molar-refractivity contribution is 7.80. The van der Waals surface area contributed by atoms with Crippen LogP contribution in [0.3, 0.4) is 0 Å². The molecule has 0 fully saturated rings. The van der Waals surface area contributed by atoms with Crippen LogP contribution in [0.4, 0.5) is 11.4 Å². The van der Waals surface area contributed by atoms with Gasteiger partial charge in [-0.1, -0.05) is 24.3 Å². The van der Waals surface area contributed by atoms with Crippen molar-refractivity contribution in [3.05, 3.63) is 60.2 Å². The number of ether oxygens (including phenoxy) is 4. The lowest BCUT2D eigenvalue weighted by atomic mass is 10.00. The highest BCUT2D eigenvalue weighted by Gasteiger charge is 2.19. The summed E-state index contributed by atoms with van der Waals surface area (Å²) in [5.74, 6) is 0.663. The molecule has 2 aromatic carbocycles. The van der Waals surface area contributed by atoms with Crippen molar-refractivity contribution in [2.45, 2.75) is 6.42 Å². The number of nitrogens with one attached hydrogen (secondary N) is 3. The monoisotopic (exact) mass is 497 g/mol. The number of anilines is 2. The van der Waals surface area contributed by atoms with Crippen LogP contribution in [-0.4, -0.2) is 45.4 Å². The smallest absolute Gasteiger partial charge is 0.257 e. The molecule has 3 rings (SSSR count). The van der Waals surface area contributed by atoms with Crippen LogP contribution in [0.2, 0.25) is 0 Å². The first kappa shape index (κ1) is 25.6. The fraction of sp³-hybridized carbons (Fsp3) is 0.240. The Bertz CT molecular complexity index is 1150. The Labute approximate surface area is 209 Å². The molecule has 0 saturated heterocycles. The first-order valence-electron chi connectivity index (χ1n) is 10.6. The van der Waals surface area contributed by atoms with Crippen molar-refractivity contribution in [2.75, 3.05) is 39.1 Å². The van der Waals surface area contributed by atoms with Gasteiger partial charge in [-0.05, 0) is 49.0 Å². The van der Waals surface area contributed by atoms with Crippen LogP contribution in [0.5, 0.6) is 23.0 Å². The van der Waals surface area contributed by atoms with Crippen molar-refractivity contribution in [3.63, 3.8) is 0 Å². The number of hydrogen-bond donors (Lipinski definition) is 3. The number of amides is 2. The Balaban J connectivity index is 1.71. The second kappa shape index (κ2) is 11.9. The van der Waals surface area contributed by atoms with Crippen LogP contribution in [0, 0.1) is 5.92 Å². The van der Waals surface area contributed by atoms with Crippen LogP contribution >= 0.6 is 12.2 Å². The zero-order valence-electron chi connectivity index (χ0n) is 19.8. The van der Waals surface area contributed by atoms with E-state index >= 15 is 0 Å². The van der Waals surface area contributed by atoms with Gasteiger partial charge in [0.15, 0.2) is 16.6 Å². The SMILES string of the molecule is COc1ccc(NC(=S)NC(=O)c2cc(OC)c(OC)c(OC)c2)cc1NC(=O)C1C=CC=CC1. The van der Waals surface area contributed by atoms with Gasteiger partial charge in [-0.25, -0.2) is 0 Å². The third-order valence-corrected chi connectivity index (χ3v) is 5.39. The third-order valence-electron chi connectivity index (χ3n) is 5.19. The molecule has 35 heavy (non-hydrogen) atoms. The second-order valence-electron chi connectivity index (χ2n) is 7.38. The number of thiocarbonyl (C=S) groups is 1. The Morgan fingerprint density at radius 1 is 0.886 bits per heavy atom. The van der Waals surface area contributed by atoms with Crippen LogP contribution < -0.4 is 34.9 Å². The molecule has 0 aromatic heterocycles. The van der Waals surface area contributed by atoms with E-state index in [0.717, 1.165) is 0 Å². The molecule has 184 valence electrons. The van der Waals surface area contributed by atoms with Gasteiger partial charge in [-0.2, -0.15) is 0 Å². The summed E-state index contributed by atoms with van der Waals surface area (Å²) >= 11 is 5.31. The zero-order chi connectivity index (χ0) is 25.4. The minimum absolute atomic E-state index is 0.0616. The van der Waals surface area contributed by atoms with Crippen molar-refractivity contribution in [2.24, 2.45) is 5.92 Å². The summed E-state index contributed by atoms with van der Waals surface area (Å²) in [4.78, 5) is 25.4. The van der Waals surface area contributed by atoms with E-state index in [4.69, 9.17) is 31.2 Å². The van der Waals surface area contributed by atoms with E-state index in [0.29, 0.717) is 40.8 Å². The van der Waals surface area contributed by atoms with Crippen molar-refractivity contribution in [3.8, 4) is 23.0 Å². The highest BCUT2D eigenvalue weighted by atomic mass is 32.1. The Hall–Kier alpha value is -4.05. The van der Waals surface area contributed by atoms with Crippen molar-refractivity contribution in [1.29, 1.82) is 0 Å². The lowest BCUT2D eigenvalue weighted by Gasteiger charge is -2.17. The van der Waals surface area contributed by atoms with E-state index in [1.807, 2.05) is 24.3 Å². The molecular formula is C25H27N3O6S. The number of benzene rings is 2. The summed E-state index contributed by atoms with van der Waals surface area (Å²) in [6.07, 6.45) is 8.16. The highest BCUT2D eigenvalue weighted by Crippen LogP contribution is 2.38. The van der Waals surface area contributed by atoms with Crippen LogP contribution in [0.1, 0.15) is 16.8 Å². The molecule has 0 spiro atoms. The molecule has 0 heterocycles. The molecule has 1 atom stereocenters. The lowest BCUT2D eigenvalue weighted by molar-refractivity contribution is -0.118. The largest absolute Gasteiger partial charge is 0.495 e. The van der Waals surface area contributed by atoms with Gasteiger partial charge in [0.25, 0.3) is 5.91 Å². The summed E-state index contributed by atoms with van der Waals surface area (Å²) in [5, 5.41) is 8.52. The van der Waals surface area contributed by atoms with Gasteiger partial charge in [-0.3, -0.25) is 14.9 Å². The van der Waals surface area contributed by atoms with Crippen molar-refractivity contribution >= 4 is 40.5 Å². The van der Waals surface area contributed by atoms with Crippen LogP contribution in [-0.2, 0) is 4.79 Å². The van der Waals surface area contributed by atoms with E-state index in [1.54, 1.807) is 18.2 Å². The van der Waals surface area contributed by atoms with Gasteiger partial charge in [0, 0.05) is 11.3 Å². The summed E-state index contributed by atoms with van der Waals surface area (Å²) in [7, 11) is 5.93. The lowest BCUT2D eigenvalue weighted by Crippen LogP contribution is -2.34. The molecule has 0 bridgehead atoms. The first-order chi connectivity index (χ1) is 16.9. The Kier molecular flexibility index (Phi) is 8.69. The van der Waals surface area contributed by atoms with Gasteiger partial charge in [0.05, 0.1) is 40.0 Å². The van der Waals surface area contributed by atoms with Gasteiger partial charge in [0.1, 0.15) is 5.75 Å². The van der Waals surface area contributed by atoms with Crippen LogP contribution in [0.25, 0.3) is 0 Å². The molecule has 10 heteroatoms. The standard InChI is InChI=1S/C25H27N3O6S/c1-31-19-11-10-17(14-18(19)27-23(29)15-8-6-5-7-9-15)26-25(35)28-24(30)16-12-20(32-2)22(34-4)21(13-16)33-3/h5-8,10-15H,9H2,1-4H3,(H,27,29)(H2,26,28,30,35). The summed E-state index contributed by atoms with van der Waals surface area (Å²) in [5.41, 5.74) is 1.29. The number of allylic oxidation sites excluding steroid dienone is 3. The third kappa shape index (κ3) is 6.30. The molecule has 1 unspecified atom stereocenters. The first-order valence-corrected chi connectivity index (χ1v) is 11.1.